The highest BCUT2D eigenvalue weighted by Gasteiger charge is 2.10. The van der Waals surface area contributed by atoms with E-state index in [2.05, 4.69) is 0 Å². The van der Waals surface area contributed by atoms with Crippen molar-refractivity contribution in [1.29, 1.82) is 0 Å². The minimum absolute atomic E-state index is 0.256. The molecule has 4 nitrogen and oxygen atoms in total. The molecule has 0 heterocycles. The molecule has 0 radical (unpaired) electrons. The smallest absolute Gasteiger partial charge is 0.272 e. The molecule has 0 unspecified atom stereocenters. The number of benzene rings is 1. The number of aryl methyl sites for hydroxylation is 1. The number of nitrogens with zero attached hydrogens (tertiary/aromatic N) is 1. The number of halogens is 1. The lowest BCUT2D eigenvalue weighted by molar-refractivity contribution is -0.385. The minimum atomic E-state index is -0.637. The van der Waals surface area contributed by atoms with Crippen LogP contribution in [0.1, 0.15) is 18.9 Å². The second-order valence-electron chi connectivity index (χ2n) is 3.42. The van der Waals surface area contributed by atoms with E-state index in [9.17, 15) is 14.5 Å². The molecular weight excluding hydrogens is 201 g/mol. The van der Waals surface area contributed by atoms with E-state index in [0.29, 0.717) is 18.4 Å². The quantitative estimate of drug-likeness (QED) is 0.615. The maximum Gasteiger partial charge on any atom is 0.272 e. The second kappa shape index (κ2) is 4.84. The maximum absolute atomic E-state index is 13.3. The fourth-order valence-electron chi connectivity index (χ4n) is 1.22. The van der Waals surface area contributed by atoms with Crippen LogP contribution in [0.25, 0.3) is 0 Å². The molecule has 0 spiro atoms. The highest BCUT2D eigenvalue weighted by atomic mass is 19.1. The molecule has 0 saturated carbocycles. The molecule has 0 aliphatic heterocycles. The summed E-state index contributed by atoms with van der Waals surface area (Å²) < 4.78 is 13.3. The number of non-ortho nitro benzene ring substituents is 1. The van der Waals surface area contributed by atoms with Gasteiger partial charge in [0.15, 0.2) is 0 Å². The molecule has 0 aliphatic rings. The van der Waals surface area contributed by atoms with Gasteiger partial charge < -0.3 is 5.11 Å². The van der Waals surface area contributed by atoms with Crippen LogP contribution in [0.15, 0.2) is 18.2 Å². The van der Waals surface area contributed by atoms with Crippen LogP contribution in [-0.2, 0) is 6.42 Å². The Morgan fingerprint density at radius 2 is 2.27 bits per heavy atom. The van der Waals surface area contributed by atoms with Gasteiger partial charge in [-0.2, -0.15) is 0 Å². The summed E-state index contributed by atoms with van der Waals surface area (Å²) >= 11 is 0. The third kappa shape index (κ3) is 3.28. The maximum atomic E-state index is 13.3. The van der Waals surface area contributed by atoms with E-state index < -0.39 is 16.8 Å². The Hall–Kier alpha value is -1.49. The van der Waals surface area contributed by atoms with Gasteiger partial charge in [0.25, 0.3) is 5.69 Å². The van der Waals surface area contributed by atoms with E-state index in [1.165, 1.54) is 12.1 Å². The van der Waals surface area contributed by atoms with E-state index in [0.717, 1.165) is 6.07 Å². The predicted octanol–water partition coefficient (Wildman–Crippen LogP) is 2.05. The molecular formula is C10H12FNO3. The highest BCUT2D eigenvalue weighted by Crippen LogP contribution is 2.18. The monoisotopic (exact) mass is 213 g/mol. The molecule has 1 atom stereocenters. The zero-order valence-electron chi connectivity index (χ0n) is 8.31. The number of hydrogen-bond donors (Lipinski definition) is 1. The fraction of sp³-hybridized carbons (Fsp3) is 0.400. The number of aliphatic hydroxyl groups excluding tert-OH is 1. The Morgan fingerprint density at radius 3 is 2.73 bits per heavy atom. The van der Waals surface area contributed by atoms with Crippen LogP contribution in [0, 0.1) is 15.9 Å². The van der Waals surface area contributed by atoms with Crippen molar-refractivity contribution in [3.63, 3.8) is 0 Å². The van der Waals surface area contributed by atoms with Crippen LogP contribution >= 0.6 is 0 Å². The normalized spacial score (nSPS) is 12.5. The van der Waals surface area contributed by atoms with Gasteiger partial charge in [-0.3, -0.25) is 10.1 Å². The summed E-state index contributed by atoms with van der Waals surface area (Å²) in [5, 5.41) is 19.3. The van der Waals surface area contributed by atoms with Crippen LogP contribution in [-0.4, -0.2) is 16.1 Å². The number of rotatable bonds is 4. The first-order valence-electron chi connectivity index (χ1n) is 4.61. The van der Waals surface area contributed by atoms with Crippen molar-refractivity contribution < 1.29 is 14.4 Å². The first-order valence-corrected chi connectivity index (χ1v) is 4.61. The molecule has 5 heteroatoms. The summed E-state index contributed by atoms with van der Waals surface area (Å²) in [7, 11) is 0. The summed E-state index contributed by atoms with van der Waals surface area (Å²) in [4.78, 5) is 9.69. The molecule has 0 saturated heterocycles. The summed E-state index contributed by atoms with van der Waals surface area (Å²) in [5.74, 6) is -0.593. The number of nitro groups is 1. The van der Waals surface area contributed by atoms with E-state index in [-0.39, 0.29) is 5.69 Å². The van der Waals surface area contributed by atoms with Crippen molar-refractivity contribution in [2.75, 3.05) is 0 Å². The van der Waals surface area contributed by atoms with Crippen molar-refractivity contribution in [2.45, 2.75) is 25.9 Å². The second-order valence-corrected chi connectivity index (χ2v) is 3.42. The van der Waals surface area contributed by atoms with Crippen molar-refractivity contribution >= 4 is 5.69 Å². The Morgan fingerprint density at radius 1 is 1.60 bits per heavy atom. The SMILES string of the molecule is C[C@@H](O)CCc1ccc([N+](=O)[O-])cc1F. The van der Waals surface area contributed by atoms with E-state index in [1.807, 2.05) is 0 Å². The van der Waals surface area contributed by atoms with Crippen LogP contribution in [0.5, 0.6) is 0 Å². The standard InChI is InChI=1S/C10H12FNO3/c1-7(13)2-3-8-4-5-9(12(14)15)6-10(8)11/h4-7,13H,2-3H2,1H3/t7-/m1/s1. The van der Waals surface area contributed by atoms with Crippen LogP contribution in [0.3, 0.4) is 0 Å². The number of hydrogen-bond acceptors (Lipinski definition) is 3. The average Bonchev–Trinajstić information content (AvgIpc) is 2.15. The molecule has 1 aromatic rings. The van der Waals surface area contributed by atoms with Gasteiger partial charge in [-0.05, 0) is 31.4 Å². The molecule has 1 aromatic carbocycles. The van der Waals surface area contributed by atoms with E-state index in [1.54, 1.807) is 6.92 Å². The molecule has 1 rings (SSSR count). The summed E-state index contributed by atoms with van der Waals surface area (Å²) in [5.41, 5.74) is 0.134. The lowest BCUT2D eigenvalue weighted by Crippen LogP contribution is -2.03. The average molecular weight is 213 g/mol. The van der Waals surface area contributed by atoms with Gasteiger partial charge in [-0.25, -0.2) is 4.39 Å². The molecule has 15 heavy (non-hydrogen) atoms. The molecule has 0 fully saturated rings. The molecule has 1 N–H and O–H groups in total. The molecule has 0 aliphatic carbocycles. The van der Waals surface area contributed by atoms with Crippen LogP contribution in [0.4, 0.5) is 10.1 Å². The molecule has 0 amide bonds. The zero-order valence-corrected chi connectivity index (χ0v) is 8.31. The van der Waals surface area contributed by atoms with Crippen LogP contribution in [0.2, 0.25) is 0 Å². The summed E-state index contributed by atoms with van der Waals surface area (Å²) in [6.07, 6.45) is 0.315. The van der Waals surface area contributed by atoms with Gasteiger partial charge in [-0.1, -0.05) is 0 Å². The van der Waals surface area contributed by atoms with Crippen molar-refractivity contribution in [3.05, 3.63) is 39.7 Å². The van der Waals surface area contributed by atoms with Gasteiger partial charge in [0.2, 0.25) is 0 Å². The van der Waals surface area contributed by atoms with Crippen molar-refractivity contribution in [1.82, 2.24) is 0 Å². The summed E-state index contributed by atoms with van der Waals surface area (Å²) in [6, 6.07) is 3.55. The Balaban J connectivity index is 2.79. The number of aliphatic hydroxyl groups is 1. The van der Waals surface area contributed by atoms with E-state index >= 15 is 0 Å². The molecule has 0 bridgehead atoms. The van der Waals surface area contributed by atoms with E-state index in [4.69, 9.17) is 5.11 Å². The third-order valence-electron chi connectivity index (χ3n) is 2.08. The molecule has 0 aromatic heterocycles. The lowest BCUT2D eigenvalue weighted by Gasteiger charge is -2.04. The molecule has 82 valence electrons. The largest absolute Gasteiger partial charge is 0.393 e. The van der Waals surface area contributed by atoms with Gasteiger partial charge >= 0.3 is 0 Å². The minimum Gasteiger partial charge on any atom is -0.393 e. The van der Waals surface area contributed by atoms with Crippen molar-refractivity contribution in [3.8, 4) is 0 Å². The van der Waals surface area contributed by atoms with Crippen LogP contribution < -0.4 is 0 Å². The van der Waals surface area contributed by atoms with Gasteiger partial charge in [0, 0.05) is 6.07 Å². The van der Waals surface area contributed by atoms with Crippen molar-refractivity contribution in [2.24, 2.45) is 0 Å². The predicted molar refractivity (Wildman–Crippen MR) is 53.1 cm³/mol. The number of nitro benzene ring substituents is 1. The zero-order chi connectivity index (χ0) is 11.4. The van der Waals surface area contributed by atoms with Gasteiger partial charge in [0.1, 0.15) is 5.82 Å². The Kier molecular flexibility index (Phi) is 3.74. The highest BCUT2D eigenvalue weighted by molar-refractivity contribution is 5.34. The first kappa shape index (κ1) is 11.6. The van der Waals surface area contributed by atoms with Gasteiger partial charge in [-0.15, -0.1) is 0 Å². The third-order valence-corrected chi connectivity index (χ3v) is 2.08. The first-order chi connectivity index (χ1) is 7.00. The Labute approximate surface area is 86.5 Å². The lowest BCUT2D eigenvalue weighted by atomic mass is 10.1. The Bertz CT molecular complexity index is 366. The fourth-order valence-corrected chi connectivity index (χ4v) is 1.22. The summed E-state index contributed by atoms with van der Waals surface area (Å²) in [6.45, 7) is 1.61. The topological polar surface area (TPSA) is 63.4 Å². The van der Waals surface area contributed by atoms with Gasteiger partial charge in [0.05, 0.1) is 17.1 Å².